The molecule has 1 atom stereocenters. The number of nitrogens with one attached hydrogen (secondary N) is 1. The average molecular weight is 259 g/mol. The van der Waals surface area contributed by atoms with Crippen LogP contribution in [0.2, 0.25) is 0 Å². The Hall–Kier alpha value is -1.77. The van der Waals surface area contributed by atoms with E-state index in [1.54, 1.807) is 0 Å². The largest absolute Gasteiger partial charge is 0.507 e. The van der Waals surface area contributed by atoms with Gasteiger partial charge in [0, 0.05) is 17.0 Å². The molecule has 0 bridgehead atoms. The number of hydrogen-bond donors (Lipinski definition) is 2. The van der Waals surface area contributed by atoms with Crippen LogP contribution < -0.4 is 5.32 Å². The number of phenols is 1. The number of anilines is 1. The molecule has 0 spiro atoms. The quantitative estimate of drug-likeness (QED) is 0.797. The van der Waals surface area contributed by atoms with E-state index in [1.807, 2.05) is 52.8 Å². The number of amides is 1. The predicted molar refractivity (Wildman–Crippen MR) is 77.7 cm³/mol. The van der Waals surface area contributed by atoms with Crippen LogP contribution in [0.5, 0.6) is 5.75 Å². The van der Waals surface area contributed by atoms with Crippen LogP contribution in [-0.4, -0.2) is 11.0 Å². The summed E-state index contributed by atoms with van der Waals surface area (Å²) in [4.78, 5) is 12.0. The molecule has 102 valence electrons. The maximum atomic E-state index is 12.0. The fourth-order valence-corrected chi connectivity index (χ4v) is 2.73. The van der Waals surface area contributed by atoms with Crippen LogP contribution in [0.15, 0.2) is 18.2 Å². The molecule has 0 saturated carbocycles. The topological polar surface area (TPSA) is 49.3 Å². The van der Waals surface area contributed by atoms with Gasteiger partial charge in [-0.1, -0.05) is 19.1 Å². The van der Waals surface area contributed by atoms with E-state index in [4.69, 9.17) is 0 Å². The standard InChI is InChI=1S/C16H21NO2/c1-6-7-9(2)11-8-10(3)13-12(14(11)18)16(4,5)15(19)17-13/h6-9,18H,1-5H3,(H,17,19)/b7-6+. The highest BCUT2D eigenvalue weighted by Crippen LogP contribution is 2.47. The minimum Gasteiger partial charge on any atom is -0.507 e. The van der Waals surface area contributed by atoms with Crippen molar-refractivity contribution in [3.63, 3.8) is 0 Å². The van der Waals surface area contributed by atoms with Crippen molar-refractivity contribution >= 4 is 11.6 Å². The second kappa shape index (κ2) is 4.41. The molecular weight excluding hydrogens is 238 g/mol. The summed E-state index contributed by atoms with van der Waals surface area (Å²) >= 11 is 0. The van der Waals surface area contributed by atoms with E-state index in [2.05, 4.69) is 5.32 Å². The Morgan fingerprint density at radius 2 is 2.05 bits per heavy atom. The molecule has 2 N–H and O–H groups in total. The maximum absolute atomic E-state index is 12.0. The van der Waals surface area contributed by atoms with Gasteiger partial charge in [0.2, 0.25) is 5.91 Å². The molecule has 2 rings (SSSR count). The summed E-state index contributed by atoms with van der Waals surface area (Å²) in [5, 5.41) is 13.4. The fourth-order valence-electron chi connectivity index (χ4n) is 2.73. The minimum absolute atomic E-state index is 0.0586. The molecule has 0 fully saturated rings. The van der Waals surface area contributed by atoms with Gasteiger partial charge in [0.15, 0.2) is 0 Å². The van der Waals surface area contributed by atoms with E-state index < -0.39 is 5.41 Å². The first-order chi connectivity index (χ1) is 8.80. The number of benzene rings is 1. The SMILES string of the molecule is C/C=C/C(C)c1cc(C)c2c(c1O)C(C)(C)C(=O)N2. The smallest absolute Gasteiger partial charge is 0.234 e. The number of hydrogen-bond acceptors (Lipinski definition) is 2. The molecule has 1 unspecified atom stereocenters. The van der Waals surface area contributed by atoms with Gasteiger partial charge in [-0.05, 0) is 39.3 Å². The van der Waals surface area contributed by atoms with Crippen LogP contribution in [0.25, 0.3) is 0 Å². The summed E-state index contributed by atoms with van der Waals surface area (Å²) in [5.41, 5.74) is 2.68. The molecule has 0 saturated heterocycles. The first kappa shape index (κ1) is 13.7. The molecule has 1 heterocycles. The Morgan fingerprint density at radius 1 is 1.42 bits per heavy atom. The van der Waals surface area contributed by atoms with Crippen LogP contribution in [0.3, 0.4) is 0 Å². The van der Waals surface area contributed by atoms with Gasteiger partial charge < -0.3 is 10.4 Å². The molecule has 1 aromatic carbocycles. The van der Waals surface area contributed by atoms with Crippen LogP contribution >= 0.6 is 0 Å². The molecule has 1 aliphatic rings. The Bertz CT molecular complexity index is 571. The third-order valence-corrected chi connectivity index (χ3v) is 3.93. The number of phenolic OH excluding ortho intramolecular Hbond substituents is 1. The second-order valence-corrected chi connectivity index (χ2v) is 5.77. The Kier molecular flexibility index (Phi) is 3.17. The van der Waals surface area contributed by atoms with Crippen LogP contribution in [0.4, 0.5) is 5.69 Å². The van der Waals surface area contributed by atoms with Crippen LogP contribution in [-0.2, 0) is 10.2 Å². The average Bonchev–Trinajstić information content (AvgIpc) is 2.56. The fraction of sp³-hybridized carbons (Fsp3) is 0.438. The maximum Gasteiger partial charge on any atom is 0.234 e. The Morgan fingerprint density at radius 3 is 2.63 bits per heavy atom. The zero-order valence-corrected chi connectivity index (χ0v) is 12.2. The number of fused-ring (bicyclic) bond motifs is 1. The molecule has 0 aromatic heterocycles. The monoisotopic (exact) mass is 259 g/mol. The normalized spacial score (nSPS) is 18.5. The summed E-state index contributed by atoms with van der Waals surface area (Å²) in [7, 11) is 0. The Labute approximate surface area is 114 Å². The molecule has 1 aromatic rings. The summed E-state index contributed by atoms with van der Waals surface area (Å²) in [6, 6.07) is 1.96. The molecule has 19 heavy (non-hydrogen) atoms. The molecule has 3 heteroatoms. The number of carbonyl (C=O) groups is 1. The van der Waals surface area contributed by atoms with Gasteiger partial charge in [0.05, 0.1) is 11.1 Å². The number of rotatable bonds is 2. The zero-order valence-electron chi connectivity index (χ0n) is 12.2. The minimum atomic E-state index is -0.685. The zero-order chi connectivity index (χ0) is 14.4. The number of carbonyl (C=O) groups excluding carboxylic acids is 1. The first-order valence-electron chi connectivity index (χ1n) is 6.62. The highest BCUT2D eigenvalue weighted by Gasteiger charge is 2.42. The molecule has 0 aliphatic carbocycles. The molecule has 0 radical (unpaired) electrons. The van der Waals surface area contributed by atoms with E-state index in [0.29, 0.717) is 0 Å². The number of aryl methyl sites for hydroxylation is 1. The van der Waals surface area contributed by atoms with Gasteiger partial charge >= 0.3 is 0 Å². The lowest BCUT2D eigenvalue weighted by atomic mass is 9.82. The number of allylic oxidation sites excluding steroid dienone is 2. The summed E-state index contributed by atoms with van der Waals surface area (Å²) in [5.74, 6) is 0.312. The van der Waals surface area contributed by atoms with E-state index >= 15 is 0 Å². The van der Waals surface area contributed by atoms with Crippen molar-refractivity contribution in [1.29, 1.82) is 0 Å². The van der Waals surface area contributed by atoms with Crippen molar-refractivity contribution in [3.05, 3.63) is 34.9 Å². The van der Waals surface area contributed by atoms with Crippen molar-refractivity contribution in [2.24, 2.45) is 0 Å². The van der Waals surface area contributed by atoms with E-state index in [1.165, 1.54) is 0 Å². The van der Waals surface area contributed by atoms with Gasteiger partial charge in [-0.25, -0.2) is 0 Å². The molecule has 1 amide bonds. The van der Waals surface area contributed by atoms with Gasteiger partial charge in [0.1, 0.15) is 5.75 Å². The summed E-state index contributed by atoms with van der Waals surface area (Å²) in [6.07, 6.45) is 4.01. The van der Waals surface area contributed by atoms with Crippen molar-refractivity contribution in [3.8, 4) is 5.75 Å². The molecular formula is C16H21NO2. The van der Waals surface area contributed by atoms with Crippen molar-refractivity contribution < 1.29 is 9.90 Å². The lowest BCUT2D eigenvalue weighted by Crippen LogP contribution is -2.27. The highest BCUT2D eigenvalue weighted by molar-refractivity contribution is 6.07. The van der Waals surface area contributed by atoms with Gasteiger partial charge in [-0.15, -0.1) is 0 Å². The predicted octanol–water partition coefficient (Wildman–Crippen LogP) is 3.61. The lowest BCUT2D eigenvalue weighted by Gasteiger charge is -2.20. The van der Waals surface area contributed by atoms with Crippen molar-refractivity contribution in [1.82, 2.24) is 0 Å². The first-order valence-corrected chi connectivity index (χ1v) is 6.62. The van der Waals surface area contributed by atoms with E-state index in [0.717, 1.165) is 22.4 Å². The second-order valence-electron chi connectivity index (χ2n) is 5.77. The van der Waals surface area contributed by atoms with Crippen LogP contribution in [0.1, 0.15) is 50.3 Å². The molecule has 1 aliphatic heterocycles. The van der Waals surface area contributed by atoms with Gasteiger partial charge in [0.25, 0.3) is 0 Å². The number of aromatic hydroxyl groups is 1. The van der Waals surface area contributed by atoms with Crippen LogP contribution in [0, 0.1) is 6.92 Å². The summed E-state index contributed by atoms with van der Waals surface area (Å²) < 4.78 is 0. The Balaban J connectivity index is 2.69. The summed E-state index contributed by atoms with van der Waals surface area (Å²) in [6.45, 7) is 9.65. The van der Waals surface area contributed by atoms with E-state index in [-0.39, 0.29) is 17.6 Å². The van der Waals surface area contributed by atoms with E-state index in [9.17, 15) is 9.90 Å². The van der Waals surface area contributed by atoms with Gasteiger partial charge in [-0.2, -0.15) is 0 Å². The highest BCUT2D eigenvalue weighted by atomic mass is 16.3. The van der Waals surface area contributed by atoms with Crippen molar-refractivity contribution in [2.75, 3.05) is 5.32 Å². The van der Waals surface area contributed by atoms with Crippen molar-refractivity contribution in [2.45, 2.75) is 46.0 Å². The molecule has 3 nitrogen and oxygen atoms in total. The third-order valence-electron chi connectivity index (χ3n) is 3.93. The third kappa shape index (κ3) is 1.93. The van der Waals surface area contributed by atoms with Gasteiger partial charge in [-0.3, -0.25) is 4.79 Å². The lowest BCUT2D eigenvalue weighted by molar-refractivity contribution is -0.119.